The molecule has 0 amide bonds. The molecule has 16 rings (SSSR count). The van der Waals surface area contributed by atoms with Gasteiger partial charge < -0.3 is 18.0 Å². The van der Waals surface area contributed by atoms with E-state index in [1.165, 1.54) is 0 Å². The first kappa shape index (κ1) is 56.8. The van der Waals surface area contributed by atoms with E-state index < -0.39 is 0 Å². The summed E-state index contributed by atoms with van der Waals surface area (Å²) in [5.41, 5.74) is 13.6. The summed E-state index contributed by atoms with van der Waals surface area (Å²) in [6.45, 7) is 0. The molecule has 0 saturated carbocycles. The van der Waals surface area contributed by atoms with E-state index in [4.69, 9.17) is 141 Å². The normalized spacial score (nSPS) is 12.0. The molecule has 5 aromatic heterocycles. The maximum absolute atomic E-state index is 6.83. The zero-order chi connectivity index (χ0) is 62.9. The second-order valence-corrected chi connectivity index (χ2v) is 22.7. The maximum atomic E-state index is 6.83. The largest absolute Gasteiger partial charge is 0.456 e. The van der Waals surface area contributed by atoms with Crippen LogP contribution in [-0.4, -0.2) is 142 Å². The smallest absolute Gasteiger partial charge is 0.164 e. The number of aromatic nitrogens is 5. The molecule has 384 valence electrons. The molecule has 0 aliphatic heterocycles. The third-order valence-corrected chi connectivity index (χ3v) is 17.8. The Morgan fingerprint density at radius 1 is 0.253 bits per heavy atom. The van der Waals surface area contributed by atoms with Gasteiger partial charge in [-0.1, -0.05) is 118 Å². The molecule has 7 nitrogen and oxygen atoms in total. The predicted octanol–water partition coefficient (Wildman–Crippen LogP) is 0.107. The second kappa shape index (κ2) is 20.8. The molecule has 0 unspecified atom stereocenters. The average molecular weight is 1120 g/mol. The SMILES string of the molecule is [B]c1c([B])c([B])c(-c2nc(-c3cccc4oc5ccc(-c6ccc7c(c6)c6ccccc6n7-c6c([B])c([B])c([B])c([B])c6[B])cc5c34)nc(-c3cccc4oc5ccc(-c6ccc7c(c6)c6ccccc6n7-c6c([B])c([B])c([B])c([B])c6[B])cc5c34)n2)c([B])c1[B]. The van der Waals surface area contributed by atoms with Crippen molar-refractivity contribution >= 4 is 287 Å². The molecule has 16 aromatic rings. The number of para-hydroxylation sites is 2. The molecule has 0 bridgehead atoms. The van der Waals surface area contributed by atoms with Crippen LogP contribution in [0.5, 0.6) is 0 Å². The second-order valence-electron chi connectivity index (χ2n) is 22.7. The van der Waals surface area contributed by atoms with E-state index in [1.807, 2.05) is 143 Å². The molecule has 0 saturated heterocycles. The Kier molecular flexibility index (Phi) is 13.0. The van der Waals surface area contributed by atoms with Gasteiger partial charge in [-0.05, 0) is 95.1 Å². The van der Waals surface area contributed by atoms with E-state index in [9.17, 15) is 0 Å². The molecule has 0 spiro atoms. The fourth-order valence-corrected chi connectivity index (χ4v) is 13.1. The molecule has 5 heterocycles. The Morgan fingerprint density at radius 2 is 0.571 bits per heavy atom. The molecule has 22 heteroatoms. The van der Waals surface area contributed by atoms with E-state index in [2.05, 4.69) is 24.3 Å². The van der Waals surface area contributed by atoms with Crippen molar-refractivity contribution in [3.63, 3.8) is 0 Å². The summed E-state index contributed by atoms with van der Waals surface area (Å²) in [6, 6.07) is 51.8. The molecule has 11 aromatic carbocycles. The summed E-state index contributed by atoms with van der Waals surface area (Å²) in [5.74, 6) is 0.605. The first-order chi connectivity index (χ1) is 43.9. The quantitative estimate of drug-likeness (QED) is 0.212. The van der Waals surface area contributed by atoms with Crippen molar-refractivity contribution in [1.82, 2.24) is 24.1 Å². The van der Waals surface area contributed by atoms with Crippen LogP contribution < -0.4 is 81.9 Å². The minimum absolute atomic E-state index is 0.0300. The number of furan rings is 2. The molecule has 30 radical (unpaired) electrons. The topological polar surface area (TPSA) is 74.8 Å². The van der Waals surface area contributed by atoms with Gasteiger partial charge in [0.1, 0.15) is 140 Å². The summed E-state index contributed by atoms with van der Waals surface area (Å²) in [7, 11) is 98.0. The van der Waals surface area contributed by atoms with E-state index >= 15 is 0 Å². The van der Waals surface area contributed by atoms with Gasteiger partial charge in [0.25, 0.3) is 0 Å². The van der Waals surface area contributed by atoms with Crippen LogP contribution in [0.3, 0.4) is 0 Å². The first-order valence-corrected chi connectivity index (χ1v) is 28.7. The summed E-state index contributed by atoms with van der Waals surface area (Å²) in [5, 5.41) is 6.77. The van der Waals surface area contributed by atoms with E-state index in [0.717, 1.165) is 87.4 Å². The lowest BCUT2D eigenvalue weighted by Crippen LogP contribution is -2.56. The van der Waals surface area contributed by atoms with Gasteiger partial charge >= 0.3 is 0 Å². The van der Waals surface area contributed by atoms with Gasteiger partial charge in [-0.25, -0.2) is 15.0 Å². The maximum Gasteiger partial charge on any atom is 0.164 e. The number of nitrogens with zero attached hydrogens (tertiary/aromatic N) is 5. The average Bonchev–Trinajstić information content (AvgIpc) is 1.68. The summed E-state index contributed by atoms with van der Waals surface area (Å²) >= 11 is 0. The van der Waals surface area contributed by atoms with Crippen LogP contribution in [0, 0.1) is 0 Å². The fraction of sp³-hybridized carbons (Fsp3) is 0. The number of fused-ring (bicyclic) bond motifs is 12. The number of benzene rings is 11. The Hall–Kier alpha value is -9.40. The molecule has 0 fully saturated rings. The van der Waals surface area contributed by atoms with Crippen molar-refractivity contribution in [1.29, 1.82) is 0 Å². The van der Waals surface area contributed by atoms with Crippen LogP contribution in [0.1, 0.15) is 0 Å². The van der Waals surface area contributed by atoms with Crippen molar-refractivity contribution in [2.75, 3.05) is 0 Å². The van der Waals surface area contributed by atoms with Crippen LogP contribution in [0.25, 0.3) is 155 Å². The molecule has 0 N–H and O–H groups in total. The van der Waals surface area contributed by atoms with Gasteiger partial charge in [0.2, 0.25) is 0 Å². The van der Waals surface area contributed by atoms with Gasteiger partial charge in [0.15, 0.2) is 17.5 Å². The highest BCUT2D eigenvalue weighted by Crippen LogP contribution is 2.43. The van der Waals surface area contributed by atoms with Crippen molar-refractivity contribution in [3.05, 3.63) is 158 Å². The van der Waals surface area contributed by atoms with E-state index in [0.29, 0.717) is 44.8 Å². The number of hydrogen-bond acceptors (Lipinski definition) is 5. The summed E-state index contributed by atoms with van der Waals surface area (Å²) in [4.78, 5) is 15.7. The Balaban J connectivity index is 0.870. The van der Waals surface area contributed by atoms with Crippen molar-refractivity contribution in [2.24, 2.45) is 0 Å². The van der Waals surface area contributed by atoms with E-state index in [-0.39, 0.29) is 105 Å². The Bertz CT molecular complexity index is 5540. The first-order valence-electron chi connectivity index (χ1n) is 28.7. The third kappa shape index (κ3) is 8.32. The van der Waals surface area contributed by atoms with Crippen LogP contribution >= 0.6 is 0 Å². The van der Waals surface area contributed by atoms with Crippen LogP contribution in [0.15, 0.2) is 167 Å². The van der Waals surface area contributed by atoms with Crippen molar-refractivity contribution in [2.45, 2.75) is 0 Å². The Labute approximate surface area is 542 Å². The summed E-state index contributed by atoms with van der Waals surface area (Å²) < 4.78 is 17.2. The van der Waals surface area contributed by atoms with Gasteiger partial charge in [-0.2, -0.15) is 0 Å². The minimum atomic E-state index is 0.0300. The molecule has 91 heavy (non-hydrogen) atoms. The van der Waals surface area contributed by atoms with Crippen LogP contribution in [-0.2, 0) is 0 Å². The highest BCUT2D eigenvalue weighted by molar-refractivity contribution is 6.71. The zero-order valence-electron chi connectivity index (χ0n) is 48.2. The predicted molar refractivity (Wildman–Crippen MR) is 391 cm³/mol. The lowest BCUT2D eigenvalue weighted by atomic mass is 9.60. The standard InChI is InChI=1S/C69H26B15N5O2/c70-50-49(51(71)53(73)54(74)52(50)72)69-86-67(33-9-5-13-45-47(33)37-25-29(17-21-43(37)90-45)27-15-19-41-35(23-27)31-7-1-3-11-39(31)88(41)65-61(81)57(77)55(75)58(78)62(65)82)85-68(87-69)34-10-6-14-46-48(34)38-26-30(18-22-44(38)91-46)28-16-20-42-36(24-28)32-8-2-4-12-40(32)89(42)66-63(83)59(79)56(76)60(80)64(66)84/h1-26H. The molecular formula is C69H26B15N5O2. The van der Waals surface area contributed by atoms with Crippen molar-refractivity contribution < 1.29 is 8.83 Å². The lowest BCUT2D eigenvalue weighted by Gasteiger charge is -2.23. The highest BCUT2D eigenvalue weighted by atomic mass is 16.3. The van der Waals surface area contributed by atoms with Gasteiger partial charge in [-0.15, -0.1) is 49.2 Å². The molecule has 0 aliphatic carbocycles. The molecule has 0 atom stereocenters. The number of hydrogen-bond donors (Lipinski definition) is 0. The van der Waals surface area contributed by atoms with Gasteiger partial charge in [0.05, 0.1) is 22.1 Å². The molecule has 0 aliphatic rings. The lowest BCUT2D eigenvalue weighted by molar-refractivity contribution is 0.668. The molecular weight excluding hydrogens is 1090 g/mol. The van der Waals surface area contributed by atoms with Crippen molar-refractivity contribution in [3.8, 4) is 67.8 Å². The van der Waals surface area contributed by atoms with Crippen LogP contribution in [0.2, 0.25) is 0 Å². The van der Waals surface area contributed by atoms with E-state index in [1.54, 1.807) is 0 Å². The minimum Gasteiger partial charge on any atom is -0.456 e. The third-order valence-electron chi connectivity index (χ3n) is 17.8. The fourth-order valence-electron chi connectivity index (χ4n) is 13.1. The Morgan fingerprint density at radius 3 is 0.967 bits per heavy atom. The highest BCUT2D eigenvalue weighted by Gasteiger charge is 2.26. The summed E-state index contributed by atoms with van der Waals surface area (Å²) in [6.07, 6.45) is 0. The van der Waals surface area contributed by atoms with Crippen LogP contribution in [0.4, 0.5) is 0 Å². The zero-order valence-corrected chi connectivity index (χ0v) is 48.2. The van der Waals surface area contributed by atoms with Gasteiger partial charge in [-0.3, -0.25) is 0 Å². The monoisotopic (exact) mass is 1120 g/mol. The number of rotatable bonds is 7. The van der Waals surface area contributed by atoms with Gasteiger partial charge in [0, 0.05) is 71.2 Å².